The molecule has 3 heteroatoms. The molecule has 3 unspecified atom stereocenters. The second kappa shape index (κ2) is 5.94. The van der Waals surface area contributed by atoms with Gasteiger partial charge in [-0.2, -0.15) is 0 Å². The molecule has 2 nitrogen and oxygen atoms in total. The minimum absolute atomic E-state index is 0.0306. The van der Waals surface area contributed by atoms with Gasteiger partial charge in [0, 0.05) is 5.92 Å². The van der Waals surface area contributed by atoms with Gasteiger partial charge >= 0.3 is 0 Å². The van der Waals surface area contributed by atoms with E-state index in [2.05, 4.69) is 19.1 Å². The van der Waals surface area contributed by atoms with Gasteiger partial charge in [0.1, 0.15) is 5.75 Å². The van der Waals surface area contributed by atoms with Crippen LogP contribution < -0.4 is 4.74 Å². The van der Waals surface area contributed by atoms with Gasteiger partial charge in [0.2, 0.25) is 0 Å². The van der Waals surface area contributed by atoms with Crippen LogP contribution in [0.4, 0.5) is 0 Å². The van der Waals surface area contributed by atoms with E-state index in [1.54, 1.807) is 0 Å². The first-order valence-corrected chi connectivity index (χ1v) is 7.02. The van der Waals surface area contributed by atoms with Gasteiger partial charge in [-0.25, -0.2) is 0 Å². The molecule has 0 spiro atoms. The Balaban J connectivity index is 2.00. The third-order valence-electron chi connectivity index (χ3n) is 3.21. The molecule has 1 saturated heterocycles. The number of benzene rings is 1. The highest BCUT2D eigenvalue weighted by Crippen LogP contribution is 2.36. The van der Waals surface area contributed by atoms with Crippen molar-refractivity contribution in [2.24, 2.45) is 5.92 Å². The molecule has 0 saturated carbocycles. The molecular formula is C15H21ClO2. The lowest BCUT2D eigenvalue weighted by atomic mass is 9.96. The molecule has 1 aromatic carbocycles. The predicted molar refractivity (Wildman–Crippen MR) is 74.3 cm³/mol. The summed E-state index contributed by atoms with van der Waals surface area (Å²) in [5.74, 6) is 1.31. The second-order valence-electron chi connectivity index (χ2n) is 5.28. The third kappa shape index (κ3) is 3.39. The Morgan fingerprint density at radius 2 is 1.94 bits per heavy atom. The molecule has 3 atom stereocenters. The standard InChI is InChI=1S/C15H21ClO2/c1-10(2)18-14-6-4-12(5-7-14)15(16)13-8-11(3)17-9-13/h4-7,10-11,13,15H,8-9H2,1-3H3. The van der Waals surface area contributed by atoms with Crippen LogP contribution in [0.3, 0.4) is 0 Å². The lowest BCUT2D eigenvalue weighted by molar-refractivity contribution is 0.120. The predicted octanol–water partition coefficient (Wildman–Crippen LogP) is 4.18. The first-order chi connectivity index (χ1) is 8.56. The summed E-state index contributed by atoms with van der Waals surface area (Å²) in [4.78, 5) is 0. The van der Waals surface area contributed by atoms with Gasteiger partial charge < -0.3 is 9.47 Å². The van der Waals surface area contributed by atoms with Crippen molar-refractivity contribution in [1.29, 1.82) is 0 Å². The lowest BCUT2D eigenvalue weighted by Gasteiger charge is -2.17. The van der Waals surface area contributed by atoms with E-state index >= 15 is 0 Å². The molecule has 0 aliphatic carbocycles. The quantitative estimate of drug-likeness (QED) is 0.763. The number of halogens is 1. The molecule has 100 valence electrons. The smallest absolute Gasteiger partial charge is 0.119 e. The van der Waals surface area contributed by atoms with Crippen molar-refractivity contribution in [2.45, 2.75) is 44.8 Å². The van der Waals surface area contributed by atoms with Crippen molar-refractivity contribution in [3.05, 3.63) is 29.8 Å². The van der Waals surface area contributed by atoms with Crippen molar-refractivity contribution in [1.82, 2.24) is 0 Å². The average Bonchev–Trinajstić information content (AvgIpc) is 2.75. The molecule has 1 fully saturated rings. The van der Waals surface area contributed by atoms with Crippen LogP contribution in [0.2, 0.25) is 0 Å². The molecule has 0 amide bonds. The fraction of sp³-hybridized carbons (Fsp3) is 0.600. The average molecular weight is 269 g/mol. The summed E-state index contributed by atoms with van der Waals surface area (Å²) < 4.78 is 11.2. The largest absolute Gasteiger partial charge is 0.491 e. The Morgan fingerprint density at radius 3 is 2.44 bits per heavy atom. The topological polar surface area (TPSA) is 18.5 Å². The molecular weight excluding hydrogens is 248 g/mol. The van der Waals surface area contributed by atoms with Gasteiger partial charge in [0.05, 0.1) is 24.2 Å². The maximum Gasteiger partial charge on any atom is 0.119 e. The Hall–Kier alpha value is -0.730. The van der Waals surface area contributed by atoms with Crippen LogP contribution in [0.25, 0.3) is 0 Å². The number of alkyl halides is 1. The Labute approximate surface area is 114 Å². The minimum Gasteiger partial charge on any atom is -0.491 e. The van der Waals surface area contributed by atoms with Gasteiger partial charge in [-0.05, 0) is 44.9 Å². The lowest BCUT2D eigenvalue weighted by Crippen LogP contribution is -2.08. The summed E-state index contributed by atoms with van der Waals surface area (Å²) in [5.41, 5.74) is 1.15. The van der Waals surface area contributed by atoms with Crippen LogP contribution in [-0.4, -0.2) is 18.8 Å². The molecule has 0 aromatic heterocycles. The normalized spacial score (nSPS) is 25.4. The van der Waals surface area contributed by atoms with Crippen molar-refractivity contribution >= 4 is 11.6 Å². The molecule has 1 heterocycles. The summed E-state index contributed by atoms with van der Waals surface area (Å²) in [6, 6.07) is 8.09. The van der Waals surface area contributed by atoms with Gasteiger partial charge in [-0.3, -0.25) is 0 Å². The molecule has 1 aliphatic rings. The summed E-state index contributed by atoms with van der Waals surface area (Å²) in [5, 5.41) is 0.0306. The summed E-state index contributed by atoms with van der Waals surface area (Å²) in [6.45, 7) is 6.91. The van der Waals surface area contributed by atoms with Crippen LogP contribution in [0.15, 0.2) is 24.3 Å². The second-order valence-corrected chi connectivity index (χ2v) is 5.75. The van der Waals surface area contributed by atoms with Crippen LogP contribution in [0.1, 0.15) is 38.1 Å². The monoisotopic (exact) mass is 268 g/mol. The van der Waals surface area contributed by atoms with Gasteiger partial charge in [0.25, 0.3) is 0 Å². The highest BCUT2D eigenvalue weighted by atomic mass is 35.5. The zero-order valence-electron chi connectivity index (χ0n) is 11.2. The van der Waals surface area contributed by atoms with E-state index in [1.807, 2.05) is 26.0 Å². The van der Waals surface area contributed by atoms with Crippen LogP contribution in [0, 0.1) is 5.92 Å². The maximum atomic E-state index is 6.52. The van der Waals surface area contributed by atoms with Crippen molar-refractivity contribution in [2.75, 3.05) is 6.61 Å². The Kier molecular flexibility index (Phi) is 4.52. The van der Waals surface area contributed by atoms with Crippen LogP contribution in [0.5, 0.6) is 5.75 Å². The molecule has 1 aromatic rings. The maximum absolute atomic E-state index is 6.52. The van der Waals surface area contributed by atoms with E-state index in [-0.39, 0.29) is 11.5 Å². The number of hydrogen-bond donors (Lipinski definition) is 0. The minimum atomic E-state index is 0.0306. The molecule has 1 aliphatic heterocycles. The molecule has 0 bridgehead atoms. The van der Waals surface area contributed by atoms with E-state index < -0.39 is 0 Å². The van der Waals surface area contributed by atoms with Crippen LogP contribution >= 0.6 is 11.6 Å². The molecule has 18 heavy (non-hydrogen) atoms. The fourth-order valence-electron chi connectivity index (χ4n) is 2.33. The van der Waals surface area contributed by atoms with Gasteiger partial charge in [-0.15, -0.1) is 11.6 Å². The first-order valence-electron chi connectivity index (χ1n) is 6.58. The Morgan fingerprint density at radius 1 is 1.28 bits per heavy atom. The number of hydrogen-bond acceptors (Lipinski definition) is 2. The van der Waals surface area contributed by atoms with Gasteiger partial charge in [-0.1, -0.05) is 12.1 Å². The zero-order valence-corrected chi connectivity index (χ0v) is 12.0. The number of rotatable bonds is 4. The highest BCUT2D eigenvalue weighted by molar-refractivity contribution is 6.21. The zero-order chi connectivity index (χ0) is 13.1. The molecule has 2 rings (SSSR count). The van der Waals surface area contributed by atoms with Crippen molar-refractivity contribution in [3.63, 3.8) is 0 Å². The van der Waals surface area contributed by atoms with E-state index in [0.29, 0.717) is 12.0 Å². The van der Waals surface area contributed by atoms with Crippen LogP contribution in [-0.2, 0) is 4.74 Å². The molecule has 0 N–H and O–H groups in total. The summed E-state index contributed by atoms with van der Waals surface area (Å²) in [7, 11) is 0. The van der Waals surface area contributed by atoms with Crippen molar-refractivity contribution in [3.8, 4) is 5.75 Å². The number of ether oxygens (including phenoxy) is 2. The van der Waals surface area contributed by atoms with E-state index in [1.165, 1.54) is 0 Å². The fourth-order valence-corrected chi connectivity index (χ4v) is 2.65. The highest BCUT2D eigenvalue weighted by Gasteiger charge is 2.29. The van der Waals surface area contributed by atoms with E-state index in [9.17, 15) is 0 Å². The third-order valence-corrected chi connectivity index (χ3v) is 3.82. The first kappa shape index (κ1) is 13.7. The van der Waals surface area contributed by atoms with E-state index in [4.69, 9.17) is 21.1 Å². The molecule has 0 radical (unpaired) electrons. The van der Waals surface area contributed by atoms with Crippen molar-refractivity contribution < 1.29 is 9.47 Å². The summed E-state index contributed by atoms with van der Waals surface area (Å²) >= 11 is 6.52. The Bertz CT molecular complexity index is 375. The summed E-state index contributed by atoms with van der Waals surface area (Å²) in [6.07, 6.45) is 1.57. The SMILES string of the molecule is CC(C)Oc1ccc(C(Cl)C2COC(C)C2)cc1. The van der Waals surface area contributed by atoms with E-state index in [0.717, 1.165) is 24.3 Å². The van der Waals surface area contributed by atoms with Gasteiger partial charge in [0.15, 0.2) is 0 Å².